The second-order valence-corrected chi connectivity index (χ2v) is 7.84. The Bertz CT molecular complexity index is 808. The zero-order chi connectivity index (χ0) is 17.7. The van der Waals surface area contributed by atoms with E-state index in [1.54, 1.807) is 7.11 Å². The summed E-state index contributed by atoms with van der Waals surface area (Å²) in [4.78, 5) is 5.28. The first kappa shape index (κ1) is 16.2. The first-order chi connectivity index (χ1) is 12.7. The molecule has 3 atom stereocenters. The SMILES string of the molecule is COc1ccc2c(c1)CC(N1CC3CCC(C1)N3C)c1ccccc1O2. The number of para-hydroxylation sites is 1. The van der Waals surface area contributed by atoms with E-state index >= 15 is 0 Å². The molecule has 136 valence electrons. The smallest absolute Gasteiger partial charge is 0.132 e. The summed E-state index contributed by atoms with van der Waals surface area (Å²) in [7, 11) is 4.02. The van der Waals surface area contributed by atoms with Crippen molar-refractivity contribution in [2.24, 2.45) is 0 Å². The minimum absolute atomic E-state index is 0.358. The van der Waals surface area contributed by atoms with Crippen molar-refractivity contribution >= 4 is 0 Å². The molecule has 2 aromatic rings. The van der Waals surface area contributed by atoms with Gasteiger partial charge in [0.05, 0.1) is 7.11 Å². The lowest BCUT2D eigenvalue weighted by Crippen LogP contribution is -2.53. The summed E-state index contributed by atoms with van der Waals surface area (Å²) < 4.78 is 11.8. The number of nitrogens with zero attached hydrogens (tertiary/aromatic N) is 2. The van der Waals surface area contributed by atoms with Crippen LogP contribution in [0.3, 0.4) is 0 Å². The molecule has 0 aromatic heterocycles. The van der Waals surface area contributed by atoms with E-state index in [4.69, 9.17) is 9.47 Å². The van der Waals surface area contributed by atoms with Gasteiger partial charge in [-0.15, -0.1) is 0 Å². The van der Waals surface area contributed by atoms with Crippen LogP contribution in [0.4, 0.5) is 0 Å². The normalized spacial score (nSPS) is 28.0. The summed E-state index contributed by atoms with van der Waals surface area (Å²) >= 11 is 0. The van der Waals surface area contributed by atoms with Crippen LogP contribution < -0.4 is 9.47 Å². The van der Waals surface area contributed by atoms with Crippen molar-refractivity contribution in [3.63, 3.8) is 0 Å². The summed E-state index contributed by atoms with van der Waals surface area (Å²) in [6.07, 6.45) is 3.62. The van der Waals surface area contributed by atoms with Gasteiger partial charge in [-0.25, -0.2) is 0 Å². The van der Waals surface area contributed by atoms with Gasteiger partial charge in [-0.1, -0.05) is 18.2 Å². The van der Waals surface area contributed by atoms with Crippen LogP contribution in [0, 0.1) is 0 Å². The van der Waals surface area contributed by atoms with Crippen molar-refractivity contribution < 1.29 is 9.47 Å². The fourth-order valence-corrected chi connectivity index (χ4v) is 4.95. The third-order valence-corrected chi connectivity index (χ3v) is 6.50. The number of benzene rings is 2. The fourth-order valence-electron chi connectivity index (χ4n) is 4.95. The van der Waals surface area contributed by atoms with E-state index in [-0.39, 0.29) is 0 Å². The van der Waals surface area contributed by atoms with Crippen LogP contribution in [0.1, 0.15) is 30.0 Å². The Balaban J connectivity index is 1.55. The molecular formula is C22H26N2O2. The van der Waals surface area contributed by atoms with Crippen LogP contribution in [-0.4, -0.2) is 49.1 Å². The number of hydrogen-bond donors (Lipinski definition) is 0. The second-order valence-electron chi connectivity index (χ2n) is 7.84. The molecule has 3 aliphatic heterocycles. The third kappa shape index (κ3) is 2.60. The van der Waals surface area contributed by atoms with Crippen molar-refractivity contribution in [1.82, 2.24) is 9.80 Å². The number of ether oxygens (including phenoxy) is 2. The zero-order valence-corrected chi connectivity index (χ0v) is 15.5. The van der Waals surface area contributed by atoms with Crippen molar-refractivity contribution in [2.45, 2.75) is 37.4 Å². The molecule has 2 aromatic carbocycles. The highest BCUT2D eigenvalue weighted by atomic mass is 16.5. The molecule has 0 aliphatic carbocycles. The van der Waals surface area contributed by atoms with Gasteiger partial charge in [0.2, 0.25) is 0 Å². The number of hydrogen-bond acceptors (Lipinski definition) is 4. The lowest BCUT2D eigenvalue weighted by Gasteiger charge is -2.42. The second kappa shape index (κ2) is 6.29. The van der Waals surface area contributed by atoms with Gasteiger partial charge in [0.25, 0.3) is 0 Å². The molecule has 0 saturated carbocycles. The summed E-state index contributed by atoms with van der Waals surface area (Å²) in [6, 6.07) is 16.4. The Morgan fingerprint density at radius 3 is 2.54 bits per heavy atom. The number of methoxy groups -OCH3 is 1. The minimum atomic E-state index is 0.358. The molecule has 5 rings (SSSR count). The number of likely N-dealkylation sites (N-methyl/N-ethyl adjacent to an activating group) is 1. The lowest BCUT2D eigenvalue weighted by atomic mass is 9.95. The van der Waals surface area contributed by atoms with Crippen LogP contribution in [-0.2, 0) is 6.42 Å². The van der Waals surface area contributed by atoms with Gasteiger partial charge in [-0.3, -0.25) is 9.80 Å². The largest absolute Gasteiger partial charge is 0.497 e. The molecule has 0 spiro atoms. The van der Waals surface area contributed by atoms with E-state index in [2.05, 4.69) is 47.2 Å². The van der Waals surface area contributed by atoms with E-state index in [0.717, 1.165) is 36.8 Å². The van der Waals surface area contributed by atoms with Crippen LogP contribution in [0.25, 0.3) is 0 Å². The summed E-state index contributed by atoms with van der Waals surface area (Å²) in [5, 5.41) is 0. The predicted molar refractivity (Wildman–Crippen MR) is 102 cm³/mol. The van der Waals surface area contributed by atoms with Gasteiger partial charge in [-0.05, 0) is 50.6 Å². The first-order valence-electron chi connectivity index (χ1n) is 9.62. The van der Waals surface area contributed by atoms with Crippen LogP contribution >= 0.6 is 0 Å². The van der Waals surface area contributed by atoms with Crippen molar-refractivity contribution in [1.29, 1.82) is 0 Å². The van der Waals surface area contributed by atoms with Gasteiger partial charge in [0, 0.05) is 42.3 Å². The monoisotopic (exact) mass is 350 g/mol. The Hall–Kier alpha value is -2.04. The lowest BCUT2D eigenvalue weighted by molar-refractivity contribution is 0.0573. The minimum Gasteiger partial charge on any atom is -0.497 e. The third-order valence-electron chi connectivity index (χ3n) is 6.50. The highest BCUT2D eigenvalue weighted by Crippen LogP contribution is 2.43. The quantitative estimate of drug-likeness (QED) is 0.821. The molecule has 3 heterocycles. The van der Waals surface area contributed by atoms with Crippen molar-refractivity contribution in [2.75, 3.05) is 27.2 Å². The Kier molecular flexibility index (Phi) is 3.91. The number of rotatable bonds is 2. The predicted octanol–water partition coefficient (Wildman–Crippen LogP) is 3.86. The average molecular weight is 350 g/mol. The molecule has 3 aliphatic rings. The van der Waals surface area contributed by atoms with Gasteiger partial charge < -0.3 is 9.47 Å². The number of fused-ring (bicyclic) bond motifs is 4. The average Bonchev–Trinajstić information content (AvgIpc) is 2.86. The topological polar surface area (TPSA) is 24.9 Å². The highest BCUT2D eigenvalue weighted by Gasteiger charge is 2.41. The van der Waals surface area contributed by atoms with E-state index in [1.165, 1.54) is 24.0 Å². The molecule has 0 radical (unpaired) electrons. The van der Waals surface area contributed by atoms with Gasteiger partial charge in [-0.2, -0.15) is 0 Å². The number of likely N-dealkylation sites (tertiary alicyclic amines) is 1. The maximum Gasteiger partial charge on any atom is 0.132 e. The summed E-state index contributed by atoms with van der Waals surface area (Å²) in [5.74, 6) is 2.85. The molecule has 2 fully saturated rings. The molecule has 0 amide bonds. The van der Waals surface area contributed by atoms with E-state index < -0.39 is 0 Å². The Labute approximate surface area is 155 Å². The van der Waals surface area contributed by atoms with Crippen molar-refractivity contribution in [3.05, 3.63) is 53.6 Å². The molecule has 4 heteroatoms. The zero-order valence-electron chi connectivity index (χ0n) is 15.5. The molecule has 26 heavy (non-hydrogen) atoms. The van der Waals surface area contributed by atoms with Crippen LogP contribution in [0.5, 0.6) is 17.2 Å². The Morgan fingerprint density at radius 1 is 1.00 bits per heavy atom. The molecule has 0 N–H and O–H groups in total. The standard InChI is InChI=1S/C22H26N2O2/c1-23-16-7-8-17(23)14-24(13-16)20-12-15-11-18(25-2)9-10-21(15)26-22-6-4-3-5-19(20)22/h3-6,9-11,16-17,20H,7-8,12-14H2,1-2H3. The van der Waals surface area contributed by atoms with Gasteiger partial charge in [0.1, 0.15) is 17.2 Å². The highest BCUT2D eigenvalue weighted by molar-refractivity contribution is 5.49. The van der Waals surface area contributed by atoms with E-state index in [1.807, 2.05) is 12.1 Å². The fraction of sp³-hybridized carbons (Fsp3) is 0.455. The Morgan fingerprint density at radius 2 is 1.77 bits per heavy atom. The maximum absolute atomic E-state index is 6.32. The molecular weight excluding hydrogens is 324 g/mol. The molecule has 4 nitrogen and oxygen atoms in total. The van der Waals surface area contributed by atoms with Gasteiger partial charge >= 0.3 is 0 Å². The molecule has 3 unspecified atom stereocenters. The van der Waals surface area contributed by atoms with Crippen LogP contribution in [0.15, 0.2) is 42.5 Å². The number of piperazine rings is 1. The first-order valence-corrected chi connectivity index (χ1v) is 9.62. The summed E-state index contributed by atoms with van der Waals surface area (Å²) in [5.41, 5.74) is 2.54. The summed E-state index contributed by atoms with van der Waals surface area (Å²) in [6.45, 7) is 2.29. The van der Waals surface area contributed by atoms with Crippen molar-refractivity contribution in [3.8, 4) is 17.2 Å². The van der Waals surface area contributed by atoms with E-state index in [9.17, 15) is 0 Å². The van der Waals surface area contributed by atoms with Gasteiger partial charge in [0.15, 0.2) is 0 Å². The van der Waals surface area contributed by atoms with E-state index in [0.29, 0.717) is 18.1 Å². The molecule has 2 saturated heterocycles. The van der Waals surface area contributed by atoms with Crippen LogP contribution in [0.2, 0.25) is 0 Å². The molecule has 2 bridgehead atoms. The maximum atomic E-state index is 6.32.